The Balaban J connectivity index is 2.05. The van der Waals surface area contributed by atoms with E-state index in [9.17, 15) is 9.59 Å². The minimum Gasteiger partial charge on any atom is -0.337 e. The van der Waals surface area contributed by atoms with E-state index in [2.05, 4.69) is 21.2 Å². The molecule has 1 heterocycles. The normalized spacial score (nSPS) is 19.3. The Kier molecular flexibility index (Phi) is 4.18. The van der Waals surface area contributed by atoms with Crippen molar-refractivity contribution in [3.63, 3.8) is 0 Å². The van der Waals surface area contributed by atoms with E-state index in [0.717, 1.165) is 10.2 Å². The Morgan fingerprint density at radius 1 is 1.35 bits per heavy atom. The first-order valence-corrected chi connectivity index (χ1v) is 7.44. The first kappa shape index (κ1) is 15.0. The van der Waals surface area contributed by atoms with Crippen LogP contribution >= 0.6 is 15.9 Å². The fraction of sp³-hybridized carbons (Fsp3) is 0.467. The van der Waals surface area contributed by atoms with Crippen molar-refractivity contribution in [2.45, 2.75) is 32.7 Å². The molecule has 1 aliphatic heterocycles. The summed E-state index contributed by atoms with van der Waals surface area (Å²) in [4.78, 5) is 26.0. The lowest BCUT2D eigenvalue weighted by molar-refractivity contribution is -0.131. The molecule has 1 atom stereocenters. The van der Waals surface area contributed by atoms with Crippen LogP contribution in [-0.2, 0) is 9.59 Å². The van der Waals surface area contributed by atoms with E-state index >= 15 is 0 Å². The van der Waals surface area contributed by atoms with Gasteiger partial charge in [0, 0.05) is 23.0 Å². The van der Waals surface area contributed by atoms with Gasteiger partial charge in [0.2, 0.25) is 11.8 Å². The smallest absolute Gasteiger partial charge is 0.229 e. The number of benzene rings is 1. The van der Waals surface area contributed by atoms with E-state index in [4.69, 9.17) is 0 Å². The van der Waals surface area contributed by atoms with Gasteiger partial charge in [-0.05, 0) is 48.8 Å². The zero-order valence-corrected chi connectivity index (χ0v) is 13.5. The van der Waals surface area contributed by atoms with Crippen LogP contribution < -0.4 is 5.32 Å². The van der Waals surface area contributed by atoms with Gasteiger partial charge in [0.05, 0.1) is 11.6 Å². The number of carbonyl (C=O) groups is 2. The molecule has 1 N–H and O–H groups in total. The molecule has 0 unspecified atom stereocenters. The SMILES string of the molecule is CC(C)(C)N1C[C@@H](C(=O)Nc2ccccc2Br)CC1=O. The largest absolute Gasteiger partial charge is 0.337 e. The summed E-state index contributed by atoms with van der Waals surface area (Å²) < 4.78 is 0.838. The van der Waals surface area contributed by atoms with Gasteiger partial charge in [0.25, 0.3) is 0 Å². The fourth-order valence-corrected chi connectivity index (χ4v) is 2.71. The number of nitrogens with one attached hydrogen (secondary N) is 1. The molecule has 0 saturated carbocycles. The zero-order valence-electron chi connectivity index (χ0n) is 11.9. The lowest BCUT2D eigenvalue weighted by Crippen LogP contribution is -2.42. The minimum absolute atomic E-state index is 0.0461. The number of amides is 2. The highest BCUT2D eigenvalue weighted by Crippen LogP contribution is 2.28. The first-order chi connectivity index (χ1) is 9.29. The van der Waals surface area contributed by atoms with Gasteiger partial charge < -0.3 is 10.2 Å². The lowest BCUT2D eigenvalue weighted by atomic mass is 10.1. The second kappa shape index (κ2) is 5.56. The Labute approximate surface area is 127 Å². The molecule has 0 aromatic heterocycles. The zero-order chi connectivity index (χ0) is 14.9. The van der Waals surface area contributed by atoms with Crippen molar-refractivity contribution in [3.05, 3.63) is 28.7 Å². The molecule has 4 nitrogen and oxygen atoms in total. The third-order valence-electron chi connectivity index (χ3n) is 3.44. The molecule has 1 aromatic carbocycles. The Bertz CT molecular complexity index is 537. The van der Waals surface area contributed by atoms with Crippen LogP contribution in [0.4, 0.5) is 5.69 Å². The Morgan fingerprint density at radius 3 is 2.55 bits per heavy atom. The molecule has 0 spiro atoms. The average molecular weight is 339 g/mol. The minimum atomic E-state index is -0.283. The molecule has 1 aliphatic rings. The van der Waals surface area contributed by atoms with Crippen LogP contribution in [-0.4, -0.2) is 28.8 Å². The summed E-state index contributed by atoms with van der Waals surface area (Å²) in [5.41, 5.74) is 0.499. The molecule has 5 heteroatoms. The second-order valence-electron chi connectivity index (χ2n) is 6.05. The van der Waals surface area contributed by atoms with Crippen molar-refractivity contribution in [1.29, 1.82) is 0 Å². The number of nitrogens with zero attached hydrogens (tertiary/aromatic N) is 1. The molecule has 0 aliphatic carbocycles. The molecule has 2 rings (SSSR count). The number of hydrogen-bond donors (Lipinski definition) is 1. The van der Waals surface area contributed by atoms with Crippen LogP contribution in [0.1, 0.15) is 27.2 Å². The molecule has 20 heavy (non-hydrogen) atoms. The number of likely N-dealkylation sites (tertiary alicyclic amines) is 1. The van der Waals surface area contributed by atoms with E-state index in [0.29, 0.717) is 6.54 Å². The van der Waals surface area contributed by atoms with Gasteiger partial charge in [-0.3, -0.25) is 9.59 Å². The maximum Gasteiger partial charge on any atom is 0.229 e. The van der Waals surface area contributed by atoms with Crippen molar-refractivity contribution in [3.8, 4) is 0 Å². The van der Waals surface area contributed by atoms with Crippen LogP contribution in [0.3, 0.4) is 0 Å². The summed E-state index contributed by atoms with van der Waals surface area (Å²) >= 11 is 3.40. The average Bonchev–Trinajstić information content (AvgIpc) is 2.74. The number of para-hydroxylation sites is 1. The van der Waals surface area contributed by atoms with Crippen molar-refractivity contribution in [1.82, 2.24) is 4.90 Å². The highest BCUT2D eigenvalue weighted by Gasteiger charge is 2.39. The Hall–Kier alpha value is -1.36. The van der Waals surface area contributed by atoms with Gasteiger partial charge >= 0.3 is 0 Å². The fourth-order valence-electron chi connectivity index (χ4n) is 2.33. The predicted molar refractivity (Wildman–Crippen MR) is 82.3 cm³/mol. The lowest BCUT2D eigenvalue weighted by Gasteiger charge is -2.31. The van der Waals surface area contributed by atoms with Gasteiger partial charge in [-0.15, -0.1) is 0 Å². The highest BCUT2D eigenvalue weighted by atomic mass is 79.9. The molecule has 0 bridgehead atoms. The van der Waals surface area contributed by atoms with Crippen molar-refractivity contribution in [2.75, 3.05) is 11.9 Å². The van der Waals surface area contributed by atoms with E-state index in [1.807, 2.05) is 45.0 Å². The second-order valence-corrected chi connectivity index (χ2v) is 6.90. The number of hydrogen-bond acceptors (Lipinski definition) is 2. The van der Waals surface area contributed by atoms with Crippen LogP contribution in [0.15, 0.2) is 28.7 Å². The molecule has 0 radical (unpaired) electrons. The summed E-state index contributed by atoms with van der Waals surface area (Å²) in [5, 5.41) is 2.88. The molecule has 1 saturated heterocycles. The quantitative estimate of drug-likeness (QED) is 0.900. The maximum absolute atomic E-state index is 12.3. The maximum atomic E-state index is 12.3. The van der Waals surface area contributed by atoms with E-state index < -0.39 is 0 Å². The van der Waals surface area contributed by atoms with E-state index in [1.165, 1.54) is 0 Å². The van der Waals surface area contributed by atoms with E-state index in [1.54, 1.807) is 4.90 Å². The number of anilines is 1. The molecule has 1 aromatic rings. The molecular formula is C15H19BrN2O2. The third-order valence-corrected chi connectivity index (χ3v) is 4.13. The van der Waals surface area contributed by atoms with Gasteiger partial charge in [0.15, 0.2) is 0 Å². The highest BCUT2D eigenvalue weighted by molar-refractivity contribution is 9.10. The number of halogens is 1. The summed E-state index contributed by atoms with van der Waals surface area (Å²) in [6, 6.07) is 7.46. The molecular weight excluding hydrogens is 320 g/mol. The molecule has 1 fully saturated rings. The summed E-state index contributed by atoms with van der Waals surface area (Å²) in [5.74, 6) is -0.337. The molecule has 108 valence electrons. The predicted octanol–water partition coefficient (Wildman–Crippen LogP) is 3.03. The summed E-state index contributed by atoms with van der Waals surface area (Å²) in [6.07, 6.45) is 0.285. The number of rotatable bonds is 2. The first-order valence-electron chi connectivity index (χ1n) is 6.65. The standard InChI is InChI=1S/C15H19BrN2O2/c1-15(2,3)18-9-10(8-13(18)19)14(20)17-12-7-5-4-6-11(12)16/h4-7,10H,8-9H2,1-3H3,(H,17,20)/t10-/m0/s1. The van der Waals surface area contributed by atoms with Gasteiger partial charge in [-0.2, -0.15) is 0 Å². The number of carbonyl (C=O) groups excluding carboxylic acids is 2. The van der Waals surface area contributed by atoms with Crippen LogP contribution in [0, 0.1) is 5.92 Å². The van der Waals surface area contributed by atoms with Crippen molar-refractivity contribution >= 4 is 33.4 Å². The van der Waals surface area contributed by atoms with Crippen LogP contribution in [0.25, 0.3) is 0 Å². The van der Waals surface area contributed by atoms with Gasteiger partial charge in [-0.1, -0.05) is 12.1 Å². The van der Waals surface area contributed by atoms with Crippen molar-refractivity contribution in [2.24, 2.45) is 5.92 Å². The third kappa shape index (κ3) is 3.20. The van der Waals surface area contributed by atoms with E-state index in [-0.39, 0.29) is 29.7 Å². The summed E-state index contributed by atoms with van der Waals surface area (Å²) in [7, 11) is 0. The van der Waals surface area contributed by atoms with Gasteiger partial charge in [-0.25, -0.2) is 0 Å². The van der Waals surface area contributed by atoms with Crippen molar-refractivity contribution < 1.29 is 9.59 Å². The topological polar surface area (TPSA) is 49.4 Å². The van der Waals surface area contributed by atoms with Gasteiger partial charge in [0.1, 0.15) is 0 Å². The Morgan fingerprint density at radius 2 is 2.00 bits per heavy atom. The summed E-state index contributed by atoms with van der Waals surface area (Å²) in [6.45, 7) is 6.44. The van der Waals surface area contributed by atoms with Crippen LogP contribution in [0.2, 0.25) is 0 Å². The van der Waals surface area contributed by atoms with Crippen LogP contribution in [0.5, 0.6) is 0 Å². The monoisotopic (exact) mass is 338 g/mol. The molecule has 2 amide bonds.